The Labute approximate surface area is 157 Å². The third-order valence-corrected chi connectivity index (χ3v) is 4.03. The van der Waals surface area contributed by atoms with Gasteiger partial charge in [-0.1, -0.05) is 0 Å². The first kappa shape index (κ1) is 20.2. The van der Waals surface area contributed by atoms with Gasteiger partial charge in [0, 0.05) is 12.3 Å². The fraction of sp³-hybridized carbons (Fsp3) is 0.500. The molecule has 0 unspecified atom stereocenters. The van der Waals surface area contributed by atoms with Gasteiger partial charge in [-0.15, -0.1) is 5.10 Å². The van der Waals surface area contributed by atoms with Crippen LogP contribution >= 0.6 is 0 Å². The number of halogens is 3. The van der Waals surface area contributed by atoms with Crippen LogP contribution in [0.4, 0.5) is 13.2 Å². The number of aromatic nitrogens is 4. The van der Waals surface area contributed by atoms with E-state index in [1.54, 1.807) is 12.1 Å². The predicted molar refractivity (Wildman–Crippen MR) is 85.3 cm³/mol. The number of rotatable bonds is 5. The lowest BCUT2D eigenvalue weighted by Gasteiger charge is -2.41. The van der Waals surface area contributed by atoms with Crippen molar-refractivity contribution in [2.45, 2.75) is 43.6 Å². The number of ether oxygens (including phenoxy) is 3. The smallest absolute Gasteiger partial charge is 0.435 e. The molecule has 152 valence electrons. The van der Waals surface area contributed by atoms with Crippen molar-refractivity contribution in [3.8, 4) is 11.8 Å². The first-order chi connectivity index (χ1) is 13.3. The van der Waals surface area contributed by atoms with Crippen molar-refractivity contribution < 1.29 is 37.6 Å². The number of hydrogen-bond donors (Lipinski definition) is 2. The van der Waals surface area contributed by atoms with E-state index >= 15 is 0 Å². The number of hydrogen-bond acceptors (Lipinski definition) is 9. The third kappa shape index (κ3) is 4.64. The zero-order valence-electron chi connectivity index (χ0n) is 14.5. The molecule has 1 fully saturated rings. The van der Waals surface area contributed by atoms with Gasteiger partial charge >= 0.3 is 6.18 Å². The minimum absolute atomic E-state index is 0.163. The van der Waals surface area contributed by atoms with Crippen molar-refractivity contribution in [1.29, 1.82) is 0 Å². The molecular weight excluding hydrogens is 385 g/mol. The monoisotopic (exact) mass is 402 g/mol. The second-order valence-corrected chi connectivity index (χ2v) is 6.06. The summed E-state index contributed by atoms with van der Waals surface area (Å²) in [6.07, 6.45) is -7.50. The summed E-state index contributed by atoms with van der Waals surface area (Å²) >= 11 is 0. The van der Waals surface area contributed by atoms with Crippen molar-refractivity contribution in [1.82, 2.24) is 20.2 Å². The highest BCUT2D eigenvalue weighted by molar-refractivity contribution is 5.12. The van der Waals surface area contributed by atoms with Crippen LogP contribution in [0.25, 0.3) is 0 Å². The Kier molecular flexibility index (Phi) is 5.91. The molecule has 3 rings (SSSR count). The highest BCUT2D eigenvalue weighted by Crippen LogP contribution is 2.29. The van der Waals surface area contributed by atoms with Gasteiger partial charge < -0.3 is 24.4 Å². The molecule has 2 aromatic heterocycles. The van der Waals surface area contributed by atoms with Crippen molar-refractivity contribution in [2.75, 3.05) is 6.61 Å². The van der Waals surface area contributed by atoms with E-state index in [1.165, 1.54) is 13.1 Å². The standard InChI is InChI=1S/C16H17F3N4O5/c1-8-13(24)14(25)15(9(27-8)7-26-11-3-2-4-21-23-11)28-12-6-20-5-10(22-12)16(17,18)19/h2-6,8-9,13-15,24-25H,7H2,1H3/t8-,9-,13+,14+,15+/m1/s1. The molecule has 28 heavy (non-hydrogen) atoms. The summed E-state index contributed by atoms with van der Waals surface area (Å²) in [5.74, 6) is -0.300. The van der Waals surface area contributed by atoms with Gasteiger partial charge in [0.2, 0.25) is 11.8 Å². The minimum Gasteiger partial charge on any atom is -0.474 e. The van der Waals surface area contributed by atoms with Crippen LogP contribution in [0.2, 0.25) is 0 Å². The Morgan fingerprint density at radius 2 is 1.96 bits per heavy atom. The van der Waals surface area contributed by atoms with E-state index in [2.05, 4.69) is 20.2 Å². The molecule has 1 aliphatic rings. The normalized spacial score (nSPS) is 28.0. The van der Waals surface area contributed by atoms with Crippen molar-refractivity contribution >= 4 is 0 Å². The molecule has 0 amide bonds. The molecule has 2 aromatic rings. The second kappa shape index (κ2) is 8.20. The molecule has 1 saturated heterocycles. The summed E-state index contributed by atoms with van der Waals surface area (Å²) in [5.41, 5.74) is -1.25. The number of aliphatic hydroxyl groups excluding tert-OH is 2. The van der Waals surface area contributed by atoms with Crippen molar-refractivity contribution in [2.24, 2.45) is 0 Å². The molecule has 9 nitrogen and oxygen atoms in total. The highest BCUT2D eigenvalue weighted by Gasteiger charge is 2.45. The van der Waals surface area contributed by atoms with Gasteiger partial charge in [0.15, 0.2) is 11.8 Å². The van der Waals surface area contributed by atoms with Crippen LogP contribution in [-0.2, 0) is 10.9 Å². The Balaban J connectivity index is 1.78. The minimum atomic E-state index is -4.71. The second-order valence-electron chi connectivity index (χ2n) is 6.06. The fourth-order valence-corrected chi connectivity index (χ4v) is 2.62. The van der Waals surface area contributed by atoms with Crippen LogP contribution in [0.1, 0.15) is 12.6 Å². The van der Waals surface area contributed by atoms with Gasteiger partial charge in [0.25, 0.3) is 0 Å². The Hall–Kier alpha value is -2.57. The highest BCUT2D eigenvalue weighted by atomic mass is 19.4. The largest absolute Gasteiger partial charge is 0.474 e. The van der Waals surface area contributed by atoms with Gasteiger partial charge in [-0.3, -0.25) is 4.98 Å². The van der Waals surface area contributed by atoms with E-state index in [4.69, 9.17) is 14.2 Å². The Bertz CT molecular complexity index is 782. The summed E-state index contributed by atoms with van der Waals surface area (Å²) in [6, 6.07) is 3.14. The summed E-state index contributed by atoms with van der Waals surface area (Å²) in [5, 5.41) is 27.8. The quantitative estimate of drug-likeness (QED) is 0.742. The fourth-order valence-electron chi connectivity index (χ4n) is 2.62. The van der Waals surface area contributed by atoms with E-state index in [0.29, 0.717) is 6.20 Å². The number of aliphatic hydroxyl groups is 2. The Morgan fingerprint density at radius 1 is 1.18 bits per heavy atom. The average Bonchev–Trinajstić information content (AvgIpc) is 2.67. The molecule has 0 bridgehead atoms. The van der Waals surface area contributed by atoms with E-state index in [-0.39, 0.29) is 12.5 Å². The van der Waals surface area contributed by atoms with Gasteiger partial charge in [0.05, 0.1) is 18.5 Å². The number of alkyl halides is 3. The van der Waals surface area contributed by atoms with Crippen LogP contribution in [0.3, 0.4) is 0 Å². The SMILES string of the molecule is C[C@H]1O[C@H](COc2cccnn2)[C@H](Oc2cncc(C(F)(F)F)n2)[C@@H](O)[C@H]1O. The molecule has 0 saturated carbocycles. The molecule has 0 aromatic carbocycles. The van der Waals surface area contributed by atoms with Crippen LogP contribution in [0.5, 0.6) is 11.8 Å². The summed E-state index contributed by atoms with van der Waals surface area (Å²) in [7, 11) is 0. The number of nitrogens with zero attached hydrogens (tertiary/aromatic N) is 4. The molecule has 3 heterocycles. The van der Waals surface area contributed by atoms with Crippen molar-refractivity contribution in [3.63, 3.8) is 0 Å². The average molecular weight is 402 g/mol. The first-order valence-corrected chi connectivity index (χ1v) is 8.23. The van der Waals surface area contributed by atoms with E-state index < -0.39 is 48.3 Å². The van der Waals surface area contributed by atoms with Gasteiger partial charge in [-0.25, -0.2) is 4.98 Å². The first-order valence-electron chi connectivity index (χ1n) is 8.23. The third-order valence-electron chi connectivity index (χ3n) is 4.03. The molecule has 0 aliphatic carbocycles. The lowest BCUT2D eigenvalue weighted by atomic mass is 9.96. The molecule has 0 spiro atoms. The topological polar surface area (TPSA) is 120 Å². The van der Waals surface area contributed by atoms with Crippen LogP contribution < -0.4 is 9.47 Å². The maximum atomic E-state index is 12.8. The van der Waals surface area contributed by atoms with Crippen LogP contribution in [0, 0.1) is 0 Å². The molecule has 12 heteroatoms. The Morgan fingerprint density at radius 3 is 2.64 bits per heavy atom. The van der Waals surface area contributed by atoms with Gasteiger partial charge in [0.1, 0.15) is 24.9 Å². The zero-order valence-corrected chi connectivity index (χ0v) is 14.5. The maximum Gasteiger partial charge on any atom is 0.435 e. The predicted octanol–water partition coefficient (Wildman–Crippen LogP) is 0.621. The summed E-state index contributed by atoms with van der Waals surface area (Å²) in [6.45, 7) is 1.37. The lowest BCUT2D eigenvalue weighted by molar-refractivity contribution is -0.216. The van der Waals surface area contributed by atoms with Crippen LogP contribution in [-0.4, -0.2) is 67.5 Å². The summed E-state index contributed by atoms with van der Waals surface area (Å²) in [4.78, 5) is 6.80. The molecule has 5 atom stereocenters. The molecular formula is C16H17F3N4O5. The van der Waals surface area contributed by atoms with E-state index in [1.807, 2.05) is 0 Å². The van der Waals surface area contributed by atoms with E-state index in [9.17, 15) is 23.4 Å². The molecule has 0 radical (unpaired) electrons. The maximum absolute atomic E-state index is 12.8. The van der Waals surface area contributed by atoms with Crippen LogP contribution in [0.15, 0.2) is 30.7 Å². The zero-order chi connectivity index (χ0) is 20.3. The molecule has 2 N–H and O–H groups in total. The summed E-state index contributed by atoms with van der Waals surface area (Å²) < 4.78 is 54.9. The van der Waals surface area contributed by atoms with Gasteiger partial charge in [-0.05, 0) is 13.0 Å². The van der Waals surface area contributed by atoms with Gasteiger partial charge in [-0.2, -0.15) is 18.3 Å². The van der Waals surface area contributed by atoms with Crippen molar-refractivity contribution in [3.05, 3.63) is 36.4 Å². The molecule has 1 aliphatic heterocycles. The lowest BCUT2D eigenvalue weighted by Crippen LogP contribution is -2.60. The van der Waals surface area contributed by atoms with E-state index in [0.717, 1.165) is 6.20 Å².